The summed E-state index contributed by atoms with van der Waals surface area (Å²) >= 11 is 0. The van der Waals surface area contributed by atoms with Crippen LogP contribution >= 0.6 is 0 Å². The van der Waals surface area contributed by atoms with E-state index >= 15 is 0 Å². The SMILES string of the molecule is CCOC(=O)C(C)n1c(N)nc2ccc(OC)cc21. The molecule has 1 aromatic heterocycles. The van der Waals surface area contributed by atoms with Crippen molar-refractivity contribution in [1.82, 2.24) is 9.55 Å². The van der Waals surface area contributed by atoms with Gasteiger partial charge in [-0.2, -0.15) is 0 Å². The second kappa shape index (κ2) is 5.17. The second-order valence-electron chi connectivity index (χ2n) is 4.12. The average Bonchev–Trinajstić information content (AvgIpc) is 2.72. The number of carbonyl (C=O) groups excluding carboxylic acids is 1. The highest BCUT2D eigenvalue weighted by Gasteiger charge is 2.21. The highest BCUT2D eigenvalue weighted by molar-refractivity contribution is 5.84. The van der Waals surface area contributed by atoms with Gasteiger partial charge < -0.3 is 15.2 Å². The van der Waals surface area contributed by atoms with Crippen molar-refractivity contribution in [2.24, 2.45) is 0 Å². The fourth-order valence-electron chi connectivity index (χ4n) is 1.99. The summed E-state index contributed by atoms with van der Waals surface area (Å²) in [5, 5.41) is 0. The fraction of sp³-hybridized carbons (Fsp3) is 0.385. The van der Waals surface area contributed by atoms with Gasteiger partial charge in [-0.05, 0) is 26.0 Å². The number of carbonyl (C=O) groups is 1. The molecule has 2 N–H and O–H groups in total. The molecule has 6 nitrogen and oxygen atoms in total. The molecule has 0 saturated heterocycles. The maximum Gasteiger partial charge on any atom is 0.328 e. The maximum atomic E-state index is 11.8. The van der Waals surface area contributed by atoms with E-state index in [2.05, 4.69) is 4.98 Å². The molecule has 0 aliphatic heterocycles. The van der Waals surface area contributed by atoms with Crippen LogP contribution in [0.4, 0.5) is 5.95 Å². The smallest absolute Gasteiger partial charge is 0.328 e. The number of anilines is 1. The van der Waals surface area contributed by atoms with Crippen LogP contribution in [-0.2, 0) is 9.53 Å². The van der Waals surface area contributed by atoms with Gasteiger partial charge in [-0.25, -0.2) is 9.78 Å². The van der Waals surface area contributed by atoms with Crippen molar-refractivity contribution in [1.29, 1.82) is 0 Å². The van der Waals surface area contributed by atoms with Gasteiger partial charge in [0.15, 0.2) is 0 Å². The predicted molar refractivity (Wildman–Crippen MR) is 72.0 cm³/mol. The number of rotatable bonds is 4. The van der Waals surface area contributed by atoms with E-state index in [1.165, 1.54) is 0 Å². The quantitative estimate of drug-likeness (QED) is 0.850. The third-order valence-corrected chi connectivity index (χ3v) is 2.94. The molecule has 102 valence electrons. The van der Waals surface area contributed by atoms with Gasteiger partial charge in [-0.3, -0.25) is 4.57 Å². The molecule has 6 heteroatoms. The van der Waals surface area contributed by atoms with Crippen LogP contribution < -0.4 is 10.5 Å². The summed E-state index contributed by atoms with van der Waals surface area (Å²) in [6, 6.07) is 4.87. The van der Waals surface area contributed by atoms with E-state index in [0.29, 0.717) is 12.4 Å². The maximum absolute atomic E-state index is 11.8. The molecule has 1 aromatic carbocycles. The number of esters is 1. The van der Waals surface area contributed by atoms with Crippen molar-refractivity contribution in [3.05, 3.63) is 18.2 Å². The molecule has 1 unspecified atom stereocenters. The first kappa shape index (κ1) is 13.2. The summed E-state index contributed by atoms with van der Waals surface area (Å²) in [6.45, 7) is 3.83. The predicted octanol–water partition coefficient (Wildman–Crippen LogP) is 1.75. The van der Waals surface area contributed by atoms with Gasteiger partial charge in [-0.1, -0.05) is 0 Å². The zero-order chi connectivity index (χ0) is 14.0. The lowest BCUT2D eigenvalue weighted by atomic mass is 10.2. The lowest BCUT2D eigenvalue weighted by molar-refractivity contribution is -0.146. The fourth-order valence-corrected chi connectivity index (χ4v) is 1.99. The zero-order valence-corrected chi connectivity index (χ0v) is 11.2. The van der Waals surface area contributed by atoms with Crippen molar-refractivity contribution >= 4 is 23.0 Å². The Bertz CT molecular complexity index is 606. The van der Waals surface area contributed by atoms with E-state index in [-0.39, 0.29) is 11.9 Å². The first-order chi connectivity index (χ1) is 9.08. The standard InChI is InChI=1S/C13H17N3O3/c1-4-19-12(17)8(2)16-11-7-9(18-3)5-6-10(11)15-13(16)14/h5-8H,4H2,1-3H3,(H2,14,15). The van der Waals surface area contributed by atoms with Crippen molar-refractivity contribution in [3.8, 4) is 5.75 Å². The Balaban J connectivity index is 2.52. The number of hydrogen-bond acceptors (Lipinski definition) is 5. The molecule has 1 heterocycles. The molecule has 0 fully saturated rings. The molecule has 0 saturated carbocycles. The van der Waals surface area contributed by atoms with Crippen LogP contribution in [0.5, 0.6) is 5.75 Å². The van der Waals surface area contributed by atoms with Crippen LogP contribution in [0.2, 0.25) is 0 Å². The van der Waals surface area contributed by atoms with Gasteiger partial charge in [-0.15, -0.1) is 0 Å². The highest BCUT2D eigenvalue weighted by atomic mass is 16.5. The number of nitrogens with two attached hydrogens (primary N) is 1. The van der Waals surface area contributed by atoms with Crippen LogP contribution in [0.1, 0.15) is 19.9 Å². The number of hydrogen-bond donors (Lipinski definition) is 1. The van der Waals surface area contributed by atoms with Crippen LogP contribution in [0, 0.1) is 0 Å². The van der Waals surface area contributed by atoms with Gasteiger partial charge >= 0.3 is 5.97 Å². The van der Waals surface area contributed by atoms with Crippen LogP contribution in [-0.4, -0.2) is 29.2 Å². The molecule has 2 aromatic rings. The van der Waals surface area contributed by atoms with Gasteiger partial charge in [0.05, 0.1) is 24.8 Å². The number of nitrogens with zero attached hydrogens (tertiary/aromatic N) is 2. The zero-order valence-electron chi connectivity index (χ0n) is 11.2. The Morgan fingerprint density at radius 1 is 1.53 bits per heavy atom. The molecule has 19 heavy (non-hydrogen) atoms. The lowest BCUT2D eigenvalue weighted by Crippen LogP contribution is -2.20. The minimum absolute atomic E-state index is 0.281. The monoisotopic (exact) mass is 263 g/mol. The Morgan fingerprint density at radius 2 is 2.26 bits per heavy atom. The van der Waals surface area contributed by atoms with Gasteiger partial charge in [0.2, 0.25) is 5.95 Å². The molecule has 0 aliphatic rings. The summed E-state index contributed by atoms with van der Waals surface area (Å²) in [7, 11) is 1.58. The average molecular weight is 263 g/mol. The molecule has 2 rings (SSSR count). The minimum atomic E-state index is -0.531. The number of methoxy groups -OCH3 is 1. The second-order valence-corrected chi connectivity index (χ2v) is 4.12. The number of ether oxygens (including phenoxy) is 2. The van der Waals surface area contributed by atoms with E-state index in [1.54, 1.807) is 43.7 Å². The summed E-state index contributed by atoms with van der Waals surface area (Å²) in [5.74, 6) is 0.629. The van der Waals surface area contributed by atoms with E-state index < -0.39 is 6.04 Å². The molecular weight excluding hydrogens is 246 g/mol. The largest absolute Gasteiger partial charge is 0.497 e. The van der Waals surface area contributed by atoms with E-state index in [9.17, 15) is 4.79 Å². The number of imidazole rings is 1. The van der Waals surface area contributed by atoms with Gasteiger partial charge in [0, 0.05) is 6.07 Å². The highest BCUT2D eigenvalue weighted by Crippen LogP contribution is 2.26. The van der Waals surface area contributed by atoms with Crippen LogP contribution in [0.3, 0.4) is 0 Å². The Morgan fingerprint density at radius 3 is 2.89 bits per heavy atom. The first-order valence-electron chi connectivity index (χ1n) is 6.06. The summed E-state index contributed by atoms with van der Waals surface area (Å²) in [6.07, 6.45) is 0. The van der Waals surface area contributed by atoms with Crippen molar-refractivity contribution in [2.45, 2.75) is 19.9 Å². The number of benzene rings is 1. The Labute approximate surface area is 111 Å². The number of fused-ring (bicyclic) bond motifs is 1. The normalized spacial score (nSPS) is 12.4. The lowest BCUT2D eigenvalue weighted by Gasteiger charge is -2.14. The molecule has 0 aliphatic carbocycles. The first-order valence-corrected chi connectivity index (χ1v) is 6.06. The number of aromatic nitrogens is 2. The van der Waals surface area contributed by atoms with E-state index in [1.807, 2.05) is 0 Å². The van der Waals surface area contributed by atoms with Crippen molar-refractivity contribution < 1.29 is 14.3 Å². The third-order valence-electron chi connectivity index (χ3n) is 2.94. The van der Waals surface area contributed by atoms with Crippen molar-refractivity contribution in [2.75, 3.05) is 19.5 Å². The molecule has 0 amide bonds. The molecule has 0 radical (unpaired) electrons. The summed E-state index contributed by atoms with van der Waals surface area (Å²) < 4.78 is 11.8. The third kappa shape index (κ3) is 2.33. The molecule has 0 bridgehead atoms. The van der Waals surface area contributed by atoms with Gasteiger partial charge in [0.25, 0.3) is 0 Å². The molecule has 1 atom stereocenters. The molecule has 0 spiro atoms. The van der Waals surface area contributed by atoms with Gasteiger partial charge in [0.1, 0.15) is 11.8 Å². The molecular formula is C13H17N3O3. The Hall–Kier alpha value is -2.24. The van der Waals surface area contributed by atoms with E-state index in [0.717, 1.165) is 11.0 Å². The van der Waals surface area contributed by atoms with Crippen LogP contribution in [0.15, 0.2) is 18.2 Å². The van der Waals surface area contributed by atoms with Crippen molar-refractivity contribution in [3.63, 3.8) is 0 Å². The minimum Gasteiger partial charge on any atom is -0.497 e. The number of nitrogen functional groups attached to an aromatic ring is 1. The van der Waals surface area contributed by atoms with Crippen LogP contribution in [0.25, 0.3) is 11.0 Å². The Kier molecular flexibility index (Phi) is 3.59. The summed E-state index contributed by atoms with van der Waals surface area (Å²) in [5.41, 5.74) is 7.35. The van der Waals surface area contributed by atoms with E-state index in [4.69, 9.17) is 15.2 Å². The summed E-state index contributed by atoms with van der Waals surface area (Å²) in [4.78, 5) is 16.1. The topological polar surface area (TPSA) is 79.4 Å².